The van der Waals surface area contributed by atoms with Crippen LogP contribution in [0.4, 0.5) is 0 Å². The summed E-state index contributed by atoms with van der Waals surface area (Å²) < 4.78 is 6.92. The summed E-state index contributed by atoms with van der Waals surface area (Å²) in [6.07, 6.45) is 6.77. The standard InChI is InChI=1S/C16H14N4O2/c1-10-6-12(20-9-17-8-18-20)4-5-13(10)15(21)14-7-19-22-16(14)11-2-3-11/h4-9,11H,2-3H2,1H3. The Balaban J connectivity index is 1.70. The molecule has 22 heavy (non-hydrogen) atoms. The molecule has 0 aliphatic heterocycles. The molecule has 0 spiro atoms. The molecular formula is C16H14N4O2. The Bertz CT molecular complexity index is 832. The lowest BCUT2D eigenvalue weighted by atomic mass is 9.98. The molecule has 0 unspecified atom stereocenters. The Labute approximate surface area is 126 Å². The SMILES string of the molecule is Cc1cc(-n2cncn2)ccc1C(=O)c1cnoc1C1CC1. The normalized spacial score (nSPS) is 14.2. The maximum absolute atomic E-state index is 12.7. The van der Waals surface area contributed by atoms with Crippen LogP contribution in [0.2, 0.25) is 0 Å². The third kappa shape index (κ3) is 2.13. The van der Waals surface area contributed by atoms with Gasteiger partial charge in [-0.15, -0.1) is 0 Å². The molecule has 0 atom stereocenters. The first kappa shape index (κ1) is 12.9. The molecule has 1 fully saturated rings. The van der Waals surface area contributed by atoms with Crippen molar-refractivity contribution in [1.29, 1.82) is 0 Å². The fourth-order valence-electron chi connectivity index (χ4n) is 2.59. The second-order valence-electron chi connectivity index (χ2n) is 5.55. The molecule has 6 heteroatoms. The second kappa shape index (κ2) is 4.91. The van der Waals surface area contributed by atoms with Crippen molar-refractivity contribution < 1.29 is 9.32 Å². The van der Waals surface area contributed by atoms with Gasteiger partial charge >= 0.3 is 0 Å². The van der Waals surface area contributed by atoms with E-state index in [1.54, 1.807) is 11.0 Å². The highest BCUT2D eigenvalue weighted by Gasteiger charge is 2.32. The van der Waals surface area contributed by atoms with Gasteiger partial charge in [0.1, 0.15) is 12.7 Å². The van der Waals surface area contributed by atoms with E-state index < -0.39 is 0 Å². The van der Waals surface area contributed by atoms with Crippen molar-refractivity contribution in [3.8, 4) is 5.69 Å². The van der Waals surface area contributed by atoms with Crippen LogP contribution in [0.1, 0.15) is 46.0 Å². The number of hydrogen-bond acceptors (Lipinski definition) is 5. The average Bonchev–Trinajstić information content (AvgIpc) is 3.05. The molecular weight excluding hydrogens is 280 g/mol. The van der Waals surface area contributed by atoms with Crippen molar-refractivity contribution in [2.24, 2.45) is 0 Å². The fourth-order valence-corrected chi connectivity index (χ4v) is 2.59. The van der Waals surface area contributed by atoms with Crippen molar-refractivity contribution in [1.82, 2.24) is 19.9 Å². The van der Waals surface area contributed by atoms with E-state index in [2.05, 4.69) is 15.2 Å². The molecule has 0 amide bonds. The minimum Gasteiger partial charge on any atom is -0.360 e. The van der Waals surface area contributed by atoms with E-state index in [1.165, 1.54) is 12.5 Å². The van der Waals surface area contributed by atoms with Gasteiger partial charge in [-0.25, -0.2) is 9.67 Å². The number of nitrogens with zero attached hydrogens (tertiary/aromatic N) is 4. The summed E-state index contributed by atoms with van der Waals surface area (Å²) >= 11 is 0. The van der Waals surface area contributed by atoms with Gasteiger partial charge in [-0.1, -0.05) is 5.16 Å². The fraction of sp³-hybridized carbons (Fsp3) is 0.250. The number of hydrogen-bond donors (Lipinski definition) is 0. The van der Waals surface area contributed by atoms with Crippen LogP contribution in [0, 0.1) is 6.92 Å². The number of benzene rings is 1. The molecule has 2 heterocycles. The highest BCUT2D eigenvalue weighted by atomic mass is 16.5. The number of ketones is 1. The first-order chi connectivity index (χ1) is 10.7. The number of carbonyl (C=O) groups excluding carboxylic acids is 1. The van der Waals surface area contributed by atoms with Crippen LogP contribution in [-0.4, -0.2) is 25.7 Å². The van der Waals surface area contributed by atoms with Gasteiger partial charge < -0.3 is 4.52 Å². The molecule has 0 bridgehead atoms. The third-order valence-corrected chi connectivity index (χ3v) is 3.93. The highest BCUT2D eigenvalue weighted by Crippen LogP contribution is 2.42. The van der Waals surface area contributed by atoms with Crippen molar-refractivity contribution >= 4 is 5.78 Å². The third-order valence-electron chi connectivity index (χ3n) is 3.93. The zero-order valence-corrected chi connectivity index (χ0v) is 12.1. The summed E-state index contributed by atoms with van der Waals surface area (Å²) in [5.74, 6) is 1.05. The number of aromatic nitrogens is 4. The molecule has 4 rings (SSSR count). The molecule has 6 nitrogen and oxygen atoms in total. The van der Waals surface area contributed by atoms with Gasteiger partial charge in [0.2, 0.25) is 0 Å². The molecule has 1 aliphatic rings. The van der Waals surface area contributed by atoms with Crippen molar-refractivity contribution in [2.45, 2.75) is 25.7 Å². The summed E-state index contributed by atoms with van der Waals surface area (Å²) in [6.45, 7) is 1.91. The highest BCUT2D eigenvalue weighted by molar-refractivity contribution is 6.10. The van der Waals surface area contributed by atoms with Crippen molar-refractivity contribution in [2.75, 3.05) is 0 Å². The molecule has 0 radical (unpaired) electrons. The maximum atomic E-state index is 12.7. The first-order valence-corrected chi connectivity index (χ1v) is 7.19. The molecule has 0 N–H and O–H groups in total. The Morgan fingerprint density at radius 2 is 2.18 bits per heavy atom. The van der Waals surface area contributed by atoms with Gasteiger partial charge in [0.05, 0.1) is 17.4 Å². The van der Waals surface area contributed by atoms with Gasteiger partial charge in [0.15, 0.2) is 11.5 Å². The van der Waals surface area contributed by atoms with E-state index in [9.17, 15) is 4.79 Å². The lowest BCUT2D eigenvalue weighted by molar-refractivity contribution is 0.103. The largest absolute Gasteiger partial charge is 0.360 e. The minimum absolute atomic E-state index is 0.0363. The summed E-state index contributed by atoms with van der Waals surface area (Å²) in [5.41, 5.74) is 3.01. The monoisotopic (exact) mass is 294 g/mol. The quantitative estimate of drug-likeness (QED) is 0.692. The van der Waals surface area contributed by atoms with Crippen LogP contribution in [-0.2, 0) is 0 Å². The van der Waals surface area contributed by atoms with E-state index >= 15 is 0 Å². The molecule has 2 aromatic heterocycles. The zero-order valence-electron chi connectivity index (χ0n) is 12.1. The molecule has 110 valence electrons. The second-order valence-corrected chi connectivity index (χ2v) is 5.55. The van der Waals surface area contributed by atoms with E-state index in [1.807, 2.05) is 25.1 Å². The number of rotatable bonds is 4. The zero-order chi connectivity index (χ0) is 15.1. The van der Waals surface area contributed by atoms with Crippen LogP contribution < -0.4 is 0 Å². The summed E-state index contributed by atoms with van der Waals surface area (Å²) in [5, 5.41) is 7.89. The van der Waals surface area contributed by atoms with Gasteiger partial charge in [-0.05, 0) is 43.5 Å². The Morgan fingerprint density at radius 3 is 2.86 bits per heavy atom. The van der Waals surface area contributed by atoms with Crippen molar-refractivity contribution in [3.05, 3.63) is 59.5 Å². The Kier molecular flexibility index (Phi) is 2.89. The molecule has 0 saturated heterocycles. The summed E-state index contributed by atoms with van der Waals surface area (Å²) in [6, 6.07) is 5.60. The number of aryl methyl sites for hydroxylation is 1. The lowest BCUT2D eigenvalue weighted by Gasteiger charge is -2.07. The van der Waals surface area contributed by atoms with Gasteiger partial charge in [0.25, 0.3) is 0 Å². The summed E-state index contributed by atoms with van der Waals surface area (Å²) in [7, 11) is 0. The van der Waals surface area contributed by atoms with Crippen LogP contribution in [0.5, 0.6) is 0 Å². The van der Waals surface area contributed by atoms with Crippen molar-refractivity contribution in [3.63, 3.8) is 0 Å². The predicted octanol–water partition coefficient (Wildman–Crippen LogP) is 2.67. The molecule has 3 aromatic rings. The summed E-state index contributed by atoms with van der Waals surface area (Å²) in [4.78, 5) is 16.7. The molecule has 1 aliphatic carbocycles. The molecule has 1 saturated carbocycles. The Hall–Kier alpha value is -2.76. The van der Waals surface area contributed by atoms with E-state index in [0.717, 1.165) is 29.9 Å². The van der Waals surface area contributed by atoms with Gasteiger partial charge in [-0.2, -0.15) is 5.10 Å². The van der Waals surface area contributed by atoms with E-state index in [4.69, 9.17) is 4.52 Å². The van der Waals surface area contributed by atoms with Gasteiger partial charge in [-0.3, -0.25) is 4.79 Å². The van der Waals surface area contributed by atoms with Crippen LogP contribution in [0.3, 0.4) is 0 Å². The van der Waals surface area contributed by atoms with Crippen LogP contribution in [0.25, 0.3) is 5.69 Å². The van der Waals surface area contributed by atoms with Gasteiger partial charge in [0, 0.05) is 11.5 Å². The lowest BCUT2D eigenvalue weighted by Crippen LogP contribution is -2.06. The van der Waals surface area contributed by atoms with Crippen LogP contribution >= 0.6 is 0 Å². The van der Waals surface area contributed by atoms with E-state index in [-0.39, 0.29) is 5.78 Å². The predicted molar refractivity (Wildman–Crippen MR) is 78.0 cm³/mol. The Morgan fingerprint density at radius 1 is 1.32 bits per heavy atom. The smallest absolute Gasteiger partial charge is 0.198 e. The van der Waals surface area contributed by atoms with Crippen LogP contribution in [0.15, 0.2) is 41.6 Å². The minimum atomic E-state index is -0.0363. The average molecular weight is 294 g/mol. The number of carbonyl (C=O) groups is 1. The molecule has 1 aromatic carbocycles. The first-order valence-electron chi connectivity index (χ1n) is 7.19. The topological polar surface area (TPSA) is 73.8 Å². The van der Waals surface area contributed by atoms with E-state index in [0.29, 0.717) is 17.0 Å². The maximum Gasteiger partial charge on any atom is 0.198 e.